The van der Waals surface area contributed by atoms with Crippen molar-refractivity contribution >= 4 is 29.5 Å². The SMILES string of the molecule is CCOC(=O)C1C=NN(c2cccc([N+](=O)[O-])c2)C1=O. The predicted octanol–water partition coefficient (Wildman–Crippen LogP) is 1.11. The molecule has 1 aromatic rings. The normalized spacial score (nSPS) is 17.4. The molecule has 0 aliphatic carbocycles. The van der Waals surface area contributed by atoms with Gasteiger partial charge in [0.1, 0.15) is 0 Å². The van der Waals surface area contributed by atoms with Crippen LogP contribution in [-0.4, -0.2) is 29.6 Å². The summed E-state index contributed by atoms with van der Waals surface area (Å²) in [6.45, 7) is 1.79. The number of non-ortho nitro benzene ring substituents is 1. The van der Waals surface area contributed by atoms with Gasteiger partial charge in [-0.25, -0.2) is 0 Å². The summed E-state index contributed by atoms with van der Waals surface area (Å²) in [6.07, 6.45) is 1.17. The van der Waals surface area contributed by atoms with Crippen LogP contribution in [0, 0.1) is 16.0 Å². The van der Waals surface area contributed by atoms with Crippen LogP contribution in [0.3, 0.4) is 0 Å². The highest BCUT2D eigenvalue weighted by Crippen LogP contribution is 2.25. The van der Waals surface area contributed by atoms with Crippen molar-refractivity contribution in [3.05, 3.63) is 34.4 Å². The van der Waals surface area contributed by atoms with E-state index in [4.69, 9.17) is 4.74 Å². The van der Waals surface area contributed by atoms with Crippen molar-refractivity contribution < 1.29 is 19.2 Å². The molecule has 2 rings (SSSR count). The van der Waals surface area contributed by atoms with Crippen LogP contribution in [0.1, 0.15) is 6.92 Å². The number of anilines is 1. The molecule has 1 aliphatic heterocycles. The minimum absolute atomic E-state index is 0.160. The second kappa shape index (κ2) is 5.47. The molecule has 8 nitrogen and oxygen atoms in total. The van der Waals surface area contributed by atoms with Crippen molar-refractivity contribution in [1.29, 1.82) is 0 Å². The van der Waals surface area contributed by atoms with Crippen molar-refractivity contribution in [2.24, 2.45) is 11.0 Å². The Labute approximate surface area is 113 Å². The molecule has 0 radical (unpaired) electrons. The third-order valence-corrected chi connectivity index (χ3v) is 2.63. The second-order valence-corrected chi connectivity index (χ2v) is 3.92. The van der Waals surface area contributed by atoms with Crippen LogP contribution in [0.4, 0.5) is 11.4 Å². The van der Waals surface area contributed by atoms with E-state index >= 15 is 0 Å². The third kappa shape index (κ3) is 2.48. The first-order chi connectivity index (χ1) is 9.54. The number of carbonyl (C=O) groups excluding carboxylic acids is 2. The topological polar surface area (TPSA) is 102 Å². The van der Waals surface area contributed by atoms with Gasteiger partial charge >= 0.3 is 5.97 Å². The molecule has 1 atom stereocenters. The number of ether oxygens (including phenoxy) is 1. The highest BCUT2D eigenvalue weighted by Gasteiger charge is 2.36. The van der Waals surface area contributed by atoms with Gasteiger partial charge < -0.3 is 4.74 Å². The first-order valence-electron chi connectivity index (χ1n) is 5.83. The average molecular weight is 277 g/mol. The van der Waals surface area contributed by atoms with Gasteiger partial charge in [-0.2, -0.15) is 10.1 Å². The summed E-state index contributed by atoms with van der Waals surface area (Å²) >= 11 is 0. The average Bonchev–Trinajstić information content (AvgIpc) is 2.81. The van der Waals surface area contributed by atoms with Crippen LogP contribution in [0.2, 0.25) is 0 Å². The predicted molar refractivity (Wildman–Crippen MR) is 69.2 cm³/mol. The van der Waals surface area contributed by atoms with E-state index in [1.165, 1.54) is 30.5 Å². The molecular weight excluding hydrogens is 266 g/mol. The number of nitro benzene ring substituents is 1. The molecular formula is C12H11N3O5. The molecule has 0 spiro atoms. The van der Waals surface area contributed by atoms with Crippen molar-refractivity contribution in [2.75, 3.05) is 11.6 Å². The fraction of sp³-hybridized carbons (Fsp3) is 0.250. The van der Waals surface area contributed by atoms with Gasteiger partial charge in [0.2, 0.25) is 0 Å². The monoisotopic (exact) mass is 277 g/mol. The Morgan fingerprint density at radius 2 is 2.30 bits per heavy atom. The number of hydrogen-bond donors (Lipinski definition) is 0. The van der Waals surface area contributed by atoms with E-state index in [1.54, 1.807) is 6.92 Å². The maximum atomic E-state index is 12.0. The Hall–Kier alpha value is -2.77. The maximum absolute atomic E-state index is 12.0. The van der Waals surface area contributed by atoms with Gasteiger partial charge in [0.05, 0.1) is 17.2 Å². The van der Waals surface area contributed by atoms with Gasteiger partial charge in [-0.05, 0) is 13.0 Å². The summed E-state index contributed by atoms with van der Waals surface area (Å²) < 4.78 is 4.76. The molecule has 1 unspecified atom stereocenters. The summed E-state index contributed by atoms with van der Waals surface area (Å²) in [4.78, 5) is 33.7. The van der Waals surface area contributed by atoms with Gasteiger partial charge in [0.15, 0.2) is 5.92 Å². The van der Waals surface area contributed by atoms with E-state index in [0.717, 1.165) is 5.01 Å². The standard InChI is InChI=1S/C12H11N3O5/c1-2-20-12(17)10-7-13-14(11(10)16)8-4-3-5-9(6-8)15(18)19/h3-7,10H,2H2,1H3. The lowest BCUT2D eigenvalue weighted by Crippen LogP contribution is -2.32. The number of hydrazone groups is 1. The lowest BCUT2D eigenvalue weighted by molar-refractivity contribution is -0.384. The molecule has 0 bridgehead atoms. The fourth-order valence-corrected chi connectivity index (χ4v) is 1.71. The van der Waals surface area contributed by atoms with E-state index in [0.29, 0.717) is 0 Å². The first kappa shape index (κ1) is 13.7. The van der Waals surface area contributed by atoms with Crippen molar-refractivity contribution in [3.63, 3.8) is 0 Å². The van der Waals surface area contributed by atoms with Gasteiger partial charge in [0.25, 0.3) is 11.6 Å². The number of nitrogens with zero attached hydrogens (tertiary/aromatic N) is 3. The molecule has 20 heavy (non-hydrogen) atoms. The number of rotatable bonds is 4. The molecule has 0 saturated heterocycles. The number of amides is 1. The number of hydrogen-bond acceptors (Lipinski definition) is 6. The zero-order valence-electron chi connectivity index (χ0n) is 10.6. The van der Waals surface area contributed by atoms with E-state index < -0.39 is 22.7 Å². The van der Waals surface area contributed by atoms with E-state index in [-0.39, 0.29) is 18.0 Å². The molecule has 8 heteroatoms. The summed E-state index contributed by atoms with van der Waals surface area (Å²) in [5.41, 5.74) is 0.0670. The molecule has 0 saturated carbocycles. The molecule has 1 aliphatic rings. The Kier molecular flexibility index (Phi) is 3.74. The largest absolute Gasteiger partial charge is 0.465 e. The highest BCUT2D eigenvalue weighted by molar-refractivity contribution is 6.19. The van der Waals surface area contributed by atoms with Gasteiger partial charge in [-0.3, -0.25) is 19.7 Å². The molecule has 104 valence electrons. The van der Waals surface area contributed by atoms with E-state index in [9.17, 15) is 19.7 Å². The van der Waals surface area contributed by atoms with Crippen LogP contribution in [0.15, 0.2) is 29.4 Å². The number of carbonyl (C=O) groups is 2. The summed E-state index contributed by atoms with van der Waals surface area (Å²) in [5.74, 6) is -2.38. The van der Waals surface area contributed by atoms with Crippen LogP contribution >= 0.6 is 0 Å². The first-order valence-corrected chi connectivity index (χ1v) is 5.83. The molecule has 0 N–H and O–H groups in total. The molecule has 0 aromatic heterocycles. The zero-order chi connectivity index (χ0) is 14.7. The van der Waals surface area contributed by atoms with Gasteiger partial charge in [-0.15, -0.1) is 0 Å². The van der Waals surface area contributed by atoms with E-state index in [2.05, 4.69) is 5.10 Å². The lowest BCUT2D eigenvalue weighted by atomic mass is 10.1. The lowest BCUT2D eigenvalue weighted by Gasteiger charge is -2.13. The summed E-state index contributed by atoms with van der Waals surface area (Å²) in [7, 11) is 0. The third-order valence-electron chi connectivity index (χ3n) is 2.63. The number of benzene rings is 1. The van der Waals surface area contributed by atoms with Crippen LogP contribution < -0.4 is 5.01 Å². The Morgan fingerprint density at radius 1 is 1.55 bits per heavy atom. The number of esters is 1. The molecule has 1 heterocycles. The summed E-state index contributed by atoms with van der Waals surface area (Å²) in [6, 6.07) is 5.45. The second-order valence-electron chi connectivity index (χ2n) is 3.92. The Bertz CT molecular complexity index is 599. The molecule has 0 fully saturated rings. The van der Waals surface area contributed by atoms with Crippen molar-refractivity contribution in [3.8, 4) is 0 Å². The summed E-state index contributed by atoms with van der Waals surface area (Å²) in [5, 5.41) is 15.5. The Balaban J connectivity index is 2.22. The van der Waals surface area contributed by atoms with Crippen LogP contribution in [-0.2, 0) is 14.3 Å². The smallest absolute Gasteiger partial charge is 0.324 e. The van der Waals surface area contributed by atoms with E-state index in [1.807, 2.05) is 0 Å². The zero-order valence-corrected chi connectivity index (χ0v) is 10.6. The quantitative estimate of drug-likeness (QED) is 0.355. The maximum Gasteiger partial charge on any atom is 0.324 e. The molecule has 1 aromatic carbocycles. The highest BCUT2D eigenvalue weighted by atomic mass is 16.6. The van der Waals surface area contributed by atoms with Crippen molar-refractivity contribution in [1.82, 2.24) is 0 Å². The minimum atomic E-state index is -1.10. The number of nitro groups is 1. The van der Waals surface area contributed by atoms with Gasteiger partial charge in [0, 0.05) is 18.3 Å². The fourth-order valence-electron chi connectivity index (χ4n) is 1.71. The van der Waals surface area contributed by atoms with Crippen LogP contribution in [0.25, 0.3) is 0 Å². The van der Waals surface area contributed by atoms with Gasteiger partial charge in [-0.1, -0.05) is 6.07 Å². The minimum Gasteiger partial charge on any atom is -0.465 e. The van der Waals surface area contributed by atoms with Crippen molar-refractivity contribution in [2.45, 2.75) is 6.92 Å². The Morgan fingerprint density at radius 3 is 2.95 bits per heavy atom. The van der Waals surface area contributed by atoms with Crippen LogP contribution in [0.5, 0.6) is 0 Å². The molecule has 1 amide bonds.